The highest BCUT2D eigenvalue weighted by Crippen LogP contribution is 2.28. The molecular formula is C19H24N4O2. The maximum Gasteiger partial charge on any atom is 0.228 e. The fourth-order valence-corrected chi connectivity index (χ4v) is 4.07. The Bertz CT molecular complexity index is 697. The second-order valence-corrected chi connectivity index (χ2v) is 7.34. The molecule has 3 aliphatic rings. The molecule has 1 aromatic heterocycles. The Morgan fingerprint density at radius 1 is 1.28 bits per heavy atom. The normalized spacial score (nSPS) is 25.1. The zero-order valence-corrected chi connectivity index (χ0v) is 14.6. The van der Waals surface area contributed by atoms with E-state index in [1.54, 1.807) is 6.20 Å². The first-order chi connectivity index (χ1) is 12.1. The fourth-order valence-electron chi connectivity index (χ4n) is 4.07. The Morgan fingerprint density at radius 2 is 2.12 bits per heavy atom. The summed E-state index contributed by atoms with van der Waals surface area (Å²) in [7, 11) is 2.06. The lowest BCUT2D eigenvalue weighted by Crippen LogP contribution is -2.58. The third-order valence-corrected chi connectivity index (χ3v) is 5.49. The molecule has 3 aliphatic heterocycles. The minimum absolute atomic E-state index is 0.123. The predicted octanol–water partition coefficient (Wildman–Crippen LogP) is 0.860. The molecule has 2 saturated heterocycles. The molecule has 2 amide bonds. The summed E-state index contributed by atoms with van der Waals surface area (Å²) in [5, 5.41) is 0. The number of likely N-dealkylation sites (tertiary alicyclic amines) is 2. The van der Waals surface area contributed by atoms with Gasteiger partial charge in [0.25, 0.3) is 0 Å². The molecule has 1 aromatic rings. The molecular weight excluding hydrogens is 316 g/mol. The molecule has 6 heteroatoms. The zero-order valence-electron chi connectivity index (χ0n) is 14.6. The minimum Gasteiger partial charge on any atom is -0.338 e. The number of hydrogen-bond donors (Lipinski definition) is 0. The van der Waals surface area contributed by atoms with Crippen molar-refractivity contribution in [3.05, 3.63) is 36.2 Å². The fraction of sp³-hybridized carbons (Fsp3) is 0.526. The monoisotopic (exact) mass is 340 g/mol. The molecule has 2 fully saturated rings. The number of carbonyl (C=O) groups is 2. The van der Waals surface area contributed by atoms with Gasteiger partial charge in [-0.25, -0.2) is 0 Å². The number of pyridine rings is 1. The highest BCUT2D eigenvalue weighted by atomic mass is 16.2. The van der Waals surface area contributed by atoms with Gasteiger partial charge in [-0.15, -0.1) is 0 Å². The van der Waals surface area contributed by atoms with E-state index >= 15 is 0 Å². The van der Waals surface area contributed by atoms with Crippen molar-refractivity contribution < 1.29 is 9.59 Å². The van der Waals surface area contributed by atoms with Crippen LogP contribution in [-0.2, 0) is 9.59 Å². The van der Waals surface area contributed by atoms with Crippen LogP contribution in [0.5, 0.6) is 0 Å². The molecule has 0 radical (unpaired) electrons. The van der Waals surface area contributed by atoms with Gasteiger partial charge in [-0.3, -0.25) is 14.6 Å². The number of amides is 2. The zero-order chi connectivity index (χ0) is 17.4. The second-order valence-electron chi connectivity index (χ2n) is 7.34. The number of nitrogens with zero attached hydrogens (tertiary/aromatic N) is 4. The summed E-state index contributed by atoms with van der Waals surface area (Å²) < 4.78 is 0. The number of likely N-dealkylation sites (N-methyl/N-ethyl adjacent to an activating group) is 1. The van der Waals surface area contributed by atoms with Gasteiger partial charge in [0.1, 0.15) is 0 Å². The molecule has 25 heavy (non-hydrogen) atoms. The average Bonchev–Trinajstić information content (AvgIpc) is 3.00. The molecule has 4 heterocycles. The lowest BCUT2D eigenvalue weighted by molar-refractivity contribution is -0.135. The third-order valence-electron chi connectivity index (χ3n) is 5.49. The van der Waals surface area contributed by atoms with Crippen molar-refractivity contribution in [3.63, 3.8) is 0 Å². The van der Waals surface area contributed by atoms with E-state index in [0.717, 1.165) is 37.2 Å². The van der Waals surface area contributed by atoms with Gasteiger partial charge in [-0.05, 0) is 30.7 Å². The lowest BCUT2D eigenvalue weighted by Gasteiger charge is -2.42. The molecule has 1 unspecified atom stereocenters. The van der Waals surface area contributed by atoms with E-state index in [-0.39, 0.29) is 17.7 Å². The Hall–Kier alpha value is -2.21. The summed E-state index contributed by atoms with van der Waals surface area (Å²) in [4.78, 5) is 35.5. The van der Waals surface area contributed by atoms with Crippen LogP contribution in [-0.4, -0.2) is 77.3 Å². The summed E-state index contributed by atoms with van der Waals surface area (Å²) in [6.07, 6.45) is 7.01. The molecule has 0 spiro atoms. The van der Waals surface area contributed by atoms with E-state index in [9.17, 15) is 9.59 Å². The molecule has 4 rings (SSSR count). The van der Waals surface area contributed by atoms with E-state index < -0.39 is 0 Å². The molecule has 132 valence electrons. The highest BCUT2D eigenvalue weighted by molar-refractivity contribution is 5.90. The standard InChI is InChI=1S/C19H24N4O2/c1-21-12-17(13-21)23-11-16(8-18(23)24)19(25)22-7-3-5-15(10-22)14-4-2-6-20-9-14/h2,4-6,9,16-17H,3,7-8,10-13H2,1H3. The first kappa shape index (κ1) is 16.3. The van der Waals surface area contributed by atoms with Crippen LogP contribution >= 0.6 is 0 Å². The van der Waals surface area contributed by atoms with Crippen LogP contribution in [0.3, 0.4) is 0 Å². The first-order valence-electron chi connectivity index (χ1n) is 8.98. The molecule has 0 N–H and O–H groups in total. The van der Waals surface area contributed by atoms with Crippen molar-refractivity contribution in [3.8, 4) is 0 Å². The molecule has 0 saturated carbocycles. The summed E-state index contributed by atoms with van der Waals surface area (Å²) in [5.74, 6) is 0.0705. The Morgan fingerprint density at radius 3 is 2.84 bits per heavy atom. The van der Waals surface area contributed by atoms with Gasteiger partial charge in [0.2, 0.25) is 11.8 Å². The van der Waals surface area contributed by atoms with Crippen LogP contribution in [0.15, 0.2) is 30.6 Å². The molecule has 0 aromatic carbocycles. The first-order valence-corrected chi connectivity index (χ1v) is 8.98. The molecule has 1 atom stereocenters. The Kier molecular flexibility index (Phi) is 4.29. The quantitative estimate of drug-likeness (QED) is 0.819. The van der Waals surface area contributed by atoms with Crippen molar-refractivity contribution >= 4 is 17.4 Å². The minimum atomic E-state index is -0.188. The molecule has 0 bridgehead atoms. The SMILES string of the molecule is CN1CC(N2CC(C(=O)N3CCC=C(c4cccnc4)C3)CC2=O)C1. The predicted molar refractivity (Wildman–Crippen MR) is 94.5 cm³/mol. The van der Waals surface area contributed by atoms with Gasteiger partial charge in [0.05, 0.1) is 12.0 Å². The summed E-state index contributed by atoms with van der Waals surface area (Å²) in [6.45, 7) is 3.77. The van der Waals surface area contributed by atoms with Gasteiger partial charge in [-0.1, -0.05) is 12.1 Å². The van der Waals surface area contributed by atoms with E-state index in [1.165, 1.54) is 0 Å². The van der Waals surface area contributed by atoms with E-state index in [4.69, 9.17) is 0 Å². The lowest BCUT2D eigenvalue weighted by atomic mass is 10.0. The average molecular weight is 340 g/mol. The summed E-state index contributed by atoms with van der Waals surface area (Å²) in [6, 6.07) is 4.24. The van der Waals surface area contributed by atoms with Crippen LogP contribution in [0, 0.1) is 5.92 Å². The topological polar surface area (TPSA) is 56.8 Å². The van der Waals surface area contributed by atoms with Crippen molar-refractivity contribution in [2.45, 2.75) is 18.9 Å². The van der Waals surface area contributed by atoms with Crippen molar-refractivity contribution in [1.82, 2.24) is 19.7 Å². The largest absolute Gasteiger partial charge is 0.338 e. The third kappa shape index (κ3) is 3.18. The van der Waals surface area contributed by atoms with Crippen molar-refractivity contribution in [1.29, 1.82) is 0 Å². The number of carbonyl (C=O) groups excluding carboxylic acids is 2. The van der Waals surface area contributed by atoms with Crippen LogP contribution in [0.25, 0.3) is 5.57 Å². The number of hydrogen-bond acceptors (Lipinski definition) is 4. The van der Waals surface area contributed by atoms with Crippen LogP contribution in [0.2, 0.25) is 0 Å². The van der Waals surface area contributed by atoms with Crippen LogP contribution in [0.1, 0.15) is 18.4 Å². The summed E-state index contributed by atoms with van der Waals surface area (Å²) in [5.41, 5.74) is 2.22. The Labute approximate surface area is 148 Å². The van der Waals surface area contributed by atoms with Gasteiger partial charge < -0.3 is 14.7 Å². The van der Waals surface area contributed by atoms with Gasteiger partial charge in [0, 0.05) is 51.5 Å². The van der Waals surface area contributed by atoms with Crippen molar-refractivity contribution in [2.75, 3.05) is 39.8 Å². The van der Waals surface area contributed by atoms with Gasteiger partial charge in [-0.2, -0.15) is 0 Å². The maximum absolute atomic E-state index is 13.0. The Balaban J connectivity index is 1.40. The van der Waals surface area contributed by atoms with E-state index in [1.807, 2.05) is 28.1 Å². The van der Waals surface area contributed by atoms with Gasteiger partial charge >= 0.3 is 0 Å². The van der Waals surface area contributed by atoms with Gasteiger partial charge in [0.15, 0.2) is 0 Å². The smallest absolute Gasteiger partial charge is 0.228 e. The molecule has 6 nitrogen and oxygen atoms in total. The van der Waals surface area contributed by atoms with E-state index in [2.05, 4.69) is 23.0 Å². The van der Waals surface area contributed by atoms with Crippen molar-refractivity contribution in [2.24, 2.45) is 5.92 Å². The van der Waals surface area contributed by atoms with Crippen LogP contribution in [0.4, 0.5) is 0 Å². The second kappa shape index (κ2) is 6.59. The number of aromatic nitrogens is 1. The maximum atomic E-state index is 13.0. The highest BCUT2D eigenvalue weighted by Gasteiger charge is 2.42. The summed E-state index contributed by atoms with van der Waals surface area (Å²) >= 11 is 0. The number of rotatable bonds is 3. The van der Waals surface area contributed by atoms with Crippen LogP contribution < -0.4 is 0 Å². The van der Waals surface area contributed by atoms with E-state index in [0.29, 0.717) is 25.6 Å². The molecule has 0 aliphatic carbocycles.